The highest BCUT2D eigenvalue weighted by atomic mass is 32.1. The molecule has 8 heteroatoms. The molecule has 0 amide bonds. The SMILES string of the molecule is CCCCCCCCCCOc1ccc(-c2nnc(/N=C/c3ccc(C(=O)OC[C@H](C)OCCCCCCCC)cc3)s2)cc1. The Hall–Kier alpha value is -3.10. The van der Waals surface area contributed by atoms with Crippen molar-refractivity contribution in [3.8, 4) is 16.3 Å². The first-order chi connectivity index (χ1) is 22.1. The number of hydrogen-bond donors (Lipinski definition) is 0. The van der Waals surface area contributed by atoms with Crippen molar-refractivity contribution in [2.45, 2.75) is 117 Å². The van der Waals surface area contributed by atoms with Gasteiger partial charge in [-0.15, -0.1) is 10.2 Å². The summed E-state index contributed by atoms with van der Waals surface area (Å²) in [6, 6.07) is 15.2. The van der Waals surface area contributed by atoms with Gasteiger partial charge < -0.3 is 14.2 Å². The van der Waals surface area contributed by atoms with Crippen LogP contribution in [0.25, 0.3) is 10.6 Å². The molecular weight excluding hydrogens is 582 g/mol. The molecule has 246 valence electrons. The van der Waals surface area contributed by atoms with Crippen molar-refractivity contribution < 1.29 is 19.0 Å². The first-order valence-corrected chi connectivity index (χ1v) is 17.9. The van der Waals surface area contributed by atoms with Gasteiger partial charge in [-0.2, -0.15) is 0 Å². The van der Waals surface area contributed by atoms with Gasteiger partial charge in [0.2, 0.25) is 5.13 Å². The summed E-state index contributed by atoms with van der Waals surface area (Å²) in [5.41, 5.74) is 2.34. The molecule has 2 aromatic carbocycles. The van der Waals surface area contributed by atoms with E-state index in [0.717, 1.165) is 41.3 Å². The highest BCUT2D eigenvalue weighted by Crippen LogP contribution is 2.29. The number of rotatable bonds is 24. The molecule has 3 aromatic rings. The van der Waals surface area contributed by atoms with Gasteiger partial charge >= 0.3 is 5.97 Å². The largest absolute Gasteiger partial charge is 0.494 e. The first kappa shape index (κ1) is 36.4. The Morgan fingerprint density at radius 3 is 2.02 bits per heavy atom. The molecule has 0 radical (unpaired) electrons. The molecule has 0 fully saturated rings. The van der Waals surface area contributed by atoms with Crippen molar-refractivity contribution in [2.75, 3.05) is 19.8 Å². The second-order valence-electron chi connectivity index (χ2n) is 11.7. The van der Waals surface area contributed by atoms with Gasteiger partial charge in [-0.1, -0.05) is 114 Å². The van der Waals surface area contributed by atoms with E-state index in [1.54, 1.807) is 18.3 Å². The molecule has 1 heterocycles. The number of ether oxygens (including phenoxy) is 3. The van der Waals surface area contributed by atoms with E-state index in [1.807, 2.05) is 43.3 Å². The molecule has 3 rings (SSSR count). The van der Waals surface area contributed by atoms with Gasteiger partial charge in [0, 0.05) is 18.4 Å². The summed E-state index contributed by atoms with van der Waals surface area (Å²) in [5, 5.41) is 9.89. The molecule has 45 heavy (non-hydrogen) atoms. The van der Waals surface area contributed by atoms with Crippen LogP contribution >= 0.6 is 11.3 Å². The van der Waals surface area contributed by atoms with E-state index in [9.17, 15) is 4.79 Å². The second kappa shape index (κ2) is 22.4. The van der Waals surface area contributed by atoms with Crippen LogP contribution in [0.1, 0.15) is 127 Å². The highest BCUT2D eigenvalue weighted by molar-refractivity contribution is 7.18. The molecule has 0 saturated heterocycles. The fourth-order valence-electron chi connectivity index (χ4n) is 4.83. The lowest BCUT2D eigenvalue weighted by atomic mass is 10.1. The maximum atomic E-state index is 12.5. The number of nitrogens with zero attached hydrogens (tertiary/aromatic N) is 3. The molecule has 0 aliphatic rings. The third kappa shape index (κ3) is 15.2. The predicted octanol–water partition coefficient (Wildman–Crippen LogP) is 10.4. The van der Waals surface area contributed by atoms with Crippen LogP contribution in [0.4, 0.5) is 5.13 Å². The Kier molecular flexibility index (Phi) is 18.1. The summed E-state index contributed by atoms with van der Waals surface area (Å²) < 4.78 is 17.2. The van der Waals surface area contributed by atoms with Gasteiger partial charge in [0.1, 0.15) is 17.4 Å². The smallest absolute Gasteiger partial charge is 0.338 e. The second-order valence-corrected chi connectivity index (χ2v) is 12.6. The Labute approximate surface area is 274 Å². The Bertz CT molecular complexity index is 1230. The van der Waals surface area contributed by atoms with Crippen molar-refractivity contribution in [3.05, 3.63) is 59.7 Å². The number of carbonyl (C=O) groups is 1. The highest BCUT2D eigenvalue weighted by Gasteiger charge is 2.11. The van der Waals surface area contributed by atoms with Gasteiger partial charge in [0.15, 0.2) is 0 Å². The molecule has 1 atom stereocenters. The summed E-state index contributed by atoms with van der Waals surface area (Å²) in [5.74, 6) is 0.523. The van der Waals surface area contributed by atoms with Crippen LogP contribution in [-0.4, -0.2) is 48.3 Å². The van der Waals surface area contributed by atoms with Crippen molar-refractivity contribution in [3.63, 3.8) is 0 Å². The number of esters is 1. The maximum absolute atomic E-state index is 12.5. The summed E-state index contributed by atoms with van der Waals surface area (Å²) in [4.78, 5) is 16.9. The van der Waals surface area contributed by atoms with Gasteiger partial charge in [0.05, 0.1) is 18.3 Å². The quantitative estimate of drug-likeness (QED) is 0.0553. The zero-order valence-corrected chi connectivity index (χ0v) is 28.5. The molecule has 0 saturated carbocycles. The van der Waals surface area contributed by atoms with Crippen LogP contribution in [-0.2, 0) is 9.47 Å². The van der Waals surface area contributed by atoms with E-state index in [2.05, 4.69) is 29.0 Å². The molecular formula is C37H53N3O4S. The normalized spacial score (nSPS) is 12.1. The van der Waals surface area contributed by atoms with Crippen molar-refractivity contribution >= 4 is 28.7 Å². The minimum absolute atomic E-state index is 0.122. The monoisotopic (exact) mass is 635 g/mol. The molecule has 1 aromatic heterocycles. The summed E-state index contributed by atoms with van der Waals surface area (Å²) in [6.45, 7) is 8.11. The number of aliphatic imine (C=N–C) groups is 1. The third-order valence-electron chi connectivity index (χ3n) is 7.60. The average molecular weight is 636 g/mol. The van der Waals surface area contributed by atoms with Crippen LogP contribution in [0, 0.1) is 0 Å². The van der Waals surface area contributed by atoms with E-state index < -0.39 is 0 Å². The zero-order chi connectivity index (χ0) is 32.0. The van der Waals surface area contributed by atoms with Crippen LogP contribution in [0.3, 0.4) is 0 Å². The summed E-state index contributed by atoms with van der Waals surface area (Å²) in [7, 11) is 0. The van der Waals surface area contributed by atoms with E-state index in [0.29, 0.717) is 17.3 Å². The van der Waals surface area contributed by atoms with Crippen LogP contribution in [0.2, 0.25) is 0 Å². The van der Waals surface area contributed by atoms with Crippen molar-refractivity contribution in [1.29, 1.82) is 0 Å². The van der Waals surface area contributed by atoms with Crippen LogP contribution in [0.5, 0.6) is 5.75 Å². The molecule has 0 aliphatic heterocycles. The van der Waals surface area contributed by atoms with Gasteiger partial charge in [-0.3, -0.25) is 0 Å². The van der Waals surface area contributed by atoms with Gasteiger partial charge in [0.25, 0.3) is 0 Å². The predicted molar refractivity (Wildman–Crippen MR) is 186 cm³/mol. The fourth-order valence-corrected chi connectivity index (χ4v) is 5.53. The van der Waals surface area contributed by atoms with E-state index in [1.165, 1.54) is 88.4 Å². The third-order valence-corrected chi connectivity index (χ3v) is 8.48. The molecule has 0 N–H and O–H groups in total. The fraction of sp³-hybridized carbons (Fsp3) is 0.568. The number of unbranched alkanes of at least 4 members (excludes halogenated alkanes) is 12. The Morgan fingerprint density at radius 1 is 0.778 bits per heavy atom. The minimum atomic E-state index is -0.355. The van der Waals surface area contributed by atoms with Crippen molar-refractivity contribution in [2.24, 2.45) is 4.99 Å². The zero-order valence-electron chi connectivity index (χ0n) is 27.7. The lowest BCUT2D eigenvalue weighted by Gasteiger charge is -2.13. The number of aromatic nitrogens is 2. The number of hydrogen-bond acceptors (Lipinski definition) is 8. The standard InChI is InChI=1S/C37H53N3O4S/c1-4-6-8-10-12-13-15-17-27-43-34-24-22-32(23-25-34)35-39-40-37(45-35)38-28-31-18-20-33(21-19-31)36(41)44-29-30(3)42-26-16-14-11-9-7-5-2/h18-25,28,30H,4-17,26-27,29H2,1-3H3/b38-28+/t30-/m0/s1. The number of benzene rings is 2. The number of carbonyl (C=O) groups excluding carboxylic acids is 1. The maximum Gasteiger partial charge on any atom is 0.338 e. The van der Waals surface area contributed by atoms with Gasteiger partial charge in [-0.05, 0) is 61.7 Å². The van der Waals surface area contributed by atoms with Crippen LogP contribution < -0.4 is 4.74 Å². The Balaban J connectivity index is 1.34. The van der Waals surface area contributed by atoms with E-state index in [-0.39, 0.29) is 18.7 Å². The first-order valence-electron chi connectivity index (χ1n) is 17.1. The molecule has 0 bridgehead atoms. The van der Waals surface area contributed by atoms with E-state index in [4.69, 9.17) is 14.2 Å². The van der Waals surface area contributed by atoms with Gasteiger partial charge in [-0.25, -0.2) is 9.79 Å². The molecule has 0 spiro atoms. The lowest BCUT2D eigenvalue weighted by Crippen LogP contribution is -2.19. The topological polar surface area (TPSA) is 82.9 Å². The average Bonchev–Trinajstić information content (AvgIpc) is 3.55. The molecule has 7 nitrogen and oxygen atoms in total. The summed E-state index contributed by atoms with van der Waals surface area (Å²) >= 11 is 1.43. The molecule has 0 aliphatic carbocycles. The van der Waals surface area contributed by atoms with E-state index >= 15 is 0 Å². The molecule has 0 unspecified atom stereocenters. The summed E-state index contributed by atoms with van der Waals surface area (Å²) in [6.07, 6.45) is 19.3. The lowest BCUT2D eigenvalue weighted by molar-refractivity contribution is -0.00141. The van der Waals surface area contributed by atoms with Crippen molar-refractivity contribution in [1.82, 2.24) is 10.2 Å². The van der Waals surface area contributed by atoms with Crippen LogP contribution in [0.15, 0.2) is 53.5 Å². The minimum Gasteiger partial charge on any atom is -0.494 e. The Morgan fingerprint density at radius 2 is 1.38 bits per heavy atom.